The Hall–Kier alpha value is -2.73. The van der Waals surface area contributed by atoms with Crippen LogP contribution in [0.3, 0.4) is 0 Å². The Morgan fingerprint density at radius 2 is 1.96 bits per heavy atom. The number of hydrogen-bond donors (Lipinski definition) is 0. The van der Waals surface area contributed by atoms with Gasteiger partial charge in [0, 0.05) is 0 Å². The smallest absolute Gasteiger partial charge is 0.298 e. The number of rotatable bonds is 4. The van der Waals surface area contributed by atoms with Gasteiger partial charge in [0.2, 0.25) is 0 Å². The van der Waals surface area contributed by atoms with Crippen molar-refractivity contribution in [2.75, 3.05) is 12.0 Å². The van der Waals surface area contributed by atoms with Crippen LogP contribution in [0, 0.1) is 0 Å². The summed E-state index contributed by atoms with van der Waals surface area (Å²) in [7, 11) is 1.56. The third-order valence-corrected chi connectivity index (χ3v) is 4.06. The van der Waals surface area contributed by atoms with Crippen LogP contribution in [0.4, 0.5) is 10.5 Å². The van der Waals surface area contributed by atoms with Crippen molar-refractivity contribution < 1.29 is 18.7 Å². The molecule has 0 radical (unpaired) electrons. The van der Waals surface area contributed by atoms with Crippen LogP contribution in [0.2, 0.25) is 0 Å². The Morgan fingerprint density at radius 3 is 2.61 bits per heavy atom. The lowest BCUT2D eigenvalue weighted by molar-refractivity contribution is -0.113. The molecular formula is C17H13NO4S. The standard InChI is InChI=1S/C17H13NO4S/c1-21-13-9-7-12(8-10-13)18-16(19)15(23-17(18)20)6-2-4-14-5-3-11-22-14/h2-11H,1H3/b4-2+,15-6+. The number of methoxy groups -OCH3 is 1. The summed E-state index contributed by atoms with van der Waals surface area (Å²) in [4.78, 5) is 26.0. The molecule has 1 saturated heterocycles. The average Bonchev–Trinajstić information content (AvgIpc) is 3.17. The maximum atomic E-state index is 12.4. The number of thioether (sulfide) groups is 1. The minimum absolute atomic E-state index is 0.321. The van der Waals surface area contributed by atoms with E-state index in [1.165, 1.54) is 0 Å². The number of imide groups is 1. The molecule has 0 N–H and O–H groups in total. The van der Waals surface area contributed by atoms with E-state index in [2.05, 4.69) is 0 Å². The van der Waals surface area contributed by atoms with E-state index in [-0.39, 0.29) is 11.1 Å². The molecule has 1 aromatic heterocycles. The van der Waals surface area contributed by atoms with Crippen molar-refractivity contribution in [2.45, 2.75) is 0 Å². The molecule has 0 saturated carbocycles. The van der Waals surface area contributed by atoms with Crippen molar-refractivity contribution in [3.05, 3.63) is 65.5 Å². The van der Waals surface area contributed by atoms with Gasteiger partial charge in [-0.25, -0.2) is 4.90 Å². The van der Waals surface area contributed by atoms with E-state index in [1.54, 1.807) is 68.0 Å². The minimum Gasteiger partial charge on any atom is -0.497 e. The summed E-state index contributed by atoms with van der Waals surface area (Å²) in [5.74, 6) is 1.00. The van der Waals surface area contributed by atoms with Gasteiger partial charge in [0.15, 0.2) is 0 Å². The number of carbonyl (C=O) groups is 2. The number of carbonyl (C=O) groups excluding carboxylic acids is 2. The van der Waals surface area contributed by atoms with Crippen LogP contribution in [0.1, 0.15) is 5.76 Å². The molecule has 5 nitrogen and oxygen atoms in total. The molecule has 0 unspecified atom stereocenters. The van der Waals surface area contributed by atoms with E-state index >= 15 is 0 Å². The molecule has 116 valence electrons. The van der Waals surface area contributed by atoms with Crippen LogP contribution in [-0.2, 0) is 4.79 Å². The van der Waals surface area contributed by atoms with Crippen molar-refractivity contribution in [3.63, 3.8) is 0 Å². The molecule has 1 aliphatic rings. The fraction of sp³-hybridized carbons (Fsp3) is 0.0588. The highest BCUT2D eigenvalue weighted by Gasteiger charge is 2.35. The Morgan fingerprint density at radius 1 is 1.17 bits per heavy atom. The van der Waals surface area contributed by atoms with Gasteiger partial charge in [0.25, 0.3) is 11.1 Å². The number of hydrogen-bond acceptors (Lipinski definition) is 5. The van der Waals surface area contributed by atoms with Gasteiger partial charge >= 0.3 is 0 Å². The van der Waals surface area contributed by atoms with Gasteiger partial charge in [-0.15, -0.1) is 0 Å². The van der Waals surface area contributed by atoms with Gasteiger partial charge in [-0.2, -0.15) is 0 Å². The monoisotopic (exact) mass is 327 g/mol. The van der Waals surface area contributed by atoms with E-state index in [9.17, 15) is 9.59 Å². The fourth-order valence-electron chi connectivity index (χ4n) is 2.05. The number of benzene rings is 1. The summed E-state index contributed by atoms with van der Waals surface area (Å²) < 4.78 is 10.2. The molecule has 2 heterocycles. The zero-order valence-electron chi connectivity index (χ0n) is 12.3. The maximum absolute atomic E-state index is 12.4. The molecule has 6 heteroatoms. The topological polar surface area (TPSA) is 59.8 Å². The Labute approximate surface area is 137 Å². The minimum atomic E-state index is -0.339. The lowest BCUT2D eigenvalue weighted by Crippen LogP contribution is -2.27. The summed E-state index contributed by atoms with van der Waals surface area (Å²) in [5, 5.41) is -0.321. The van der Waals surface area contributed by atoms with E-state index < -0.39 is 0 Å². The lowest BCUT2D eigenvalue weighted by Gasteiger charge is -2.12. The predicted molar refractivity (Wildman–Crippen MR) is 89.3 cm³/mol. The molecule has 0 bridgehead atoms. The number of furan rings is 1. The second-order valence-corrected chi connectivity index (χ2v) is 5.61. The summed E-state index contributed by atoms with van der Waals surface area (Å²) in [5.41, 5.74) is 0.520. The van der Waals surface area contributed by atoms with Crippen LogP contribution in [0.5, 0.6) is 5.75 Å². The van der Waals surface area contributed by atoms with Crippen LogP contribution < -0.4 is 9.64 Å². The van der Waals surface area contributed by atoms with Crippen molar-refractivity contribution >= 4 is 34.7 Å². The molecule has 1 fully saturated rings. The first kappa shape index (κ1) is 15.2. The van der Waals surface area contributed by atoms with Gasteiger partial charge < -0.3 is 9.15 Å². The van der Waals surface area contributed by atoms with Gasteiger partial charge in [-0.3, -0.25) is 9.59 Å². The Bertz CT molecular complexity index is 775. The Balaban J connectivity index is 1.79. The Kier molecular flexibility index (Phi) is 4.34. The molecule has 23 heavy (non-hydrogen) atoms. The van der Waals surface area contributed by atoms with E-state index in [0.29, 0.717) is 22.1 Å². The van der Waals surface area contributed by atoms with Gasteiger partial charge in [0.1, 0.15) is 11.5 Å². The summed E-state index contributed by atoms with van der Waals surface area (Å²) in [6.45, 7) is 0. The second-order valence-electron chi connectivity index (χ2n) is 4.61. The molecule has 2 aromatic rings. The molecule has 1 aromatic carbocycles. The molecule has 0 spiro atoms. The molecular weight excluding hydrogens is 314 g/mol. The van der Waals surface area contributed by atoms with E-state index in [0.717, 1.165) is 16.7 Å². The average molecular weight is 327 g/mol. The first-order valence-electron chi connectivity index (χ1n) is 6.81. The SMILES string of the molecule is COc1ccc(N2C(=O)S/C(=C/C=C/c3ccco3)C2=O)cc1. The highest BCUT2D eigenvalue weighted by molar-refractivity contribution is 8.18. The molecule has 0 atom stereocenters. The fourth-order valence-corrected chi connectivity index (χ4v) is 2.85. The van der Waals surface area contributed by atoms with E-state index in [4.69, 9.17) is 9.15 Å². The molecule has 3 rings (SSSR count). The van der Waals surface area contributed by atoms with Crippen LogP contribution in [-0.4, -0.2) is 18.3 Å². The quantitative estimate of drug-likeness (QED) is 0.792. The zero-order valence-corrected chi connectivity index (χ0v) is 13.1. The normalized spacial score (nSPS) is 16.7. The number of anilines is 1. The van der Waals surface area contributed by atoms with Gasteiger partial charge in [-0.05, 0) is 60.3 Å². The zero-order chi connectivity index (χ0) is 16.2. The summed E-state index contributed by atoms with van der Waals surface area (Å²) >= 11 is 0.909. The van der Waals surface area contributed by atoms with Gasteiger partial charge in [-0.1, -0.05) is 6.08 Å². The first-order chi connectivity index (χ1) is 11.2. The number of amides is 2. The van der Waals surface area contributed by atoms with Crippen LogP contribution >= 0.6 is 11.8 Å². The van der Waals surface area contributed by atoms with Gasteiger partial charge in [0.05, 0.1) is 24.0 Å². The van der Waals surface area contributed by atoms with Crippen molar-refractivity contribution in [2.24, 2.45) is 0 Å². The van der Waals surface area contributed by atoms with Crippen molar-refractivity contribution in [1.29, 1.82) is 0 Å². The second kappa shape index (κ2) is 6.58. The summed E-state index contributed by atoms with van der Waals surface area (Å²) in [6, 6.07) is 10.3. The molecule has 1 aliphatic heterocycles. The largest absolute Gasteiger partial charge is 0.497 e. The molecule has 0 aliphatic carbocycles. The maximum Gasteiger partial charge on any atom is 0.298 e. The predicted octanol–water partition coefficient (Wildman–Crippen LogP) is 4.09. The van der Waals surface area contributed by atoms with Crippen molar-refractivity contribution in [1.82, 2.24) is 0 Å². The summed E-state index contributed by atoms with van der Waals surface area (Å²) in [6.07, 6.45) is 6.58. The third-order valence-electron chi connectivity index (χ3n) is 3.18. The third kappa shape index (κ3) is 3.22. The highest BCUT2D eigenvalue weighted by Crippen LogP contribution is 2.35. The van der Waals surface area contributed by atoms with Crippen molar-refractivity contribution in [3.8, 4) is 5.75 Å². The molecule has 2 amide bonds. The van der Waals surface area contributed by atoms with Crippen LogP contribution in [0.25, 0.3) is 6.08 Å². The number of ether oxygens (including phenoxy) is 1. The highest BCUT2D eigenvalue weighted by atomic mass is 32.2. The number of nitrogens with zero attached hydrogens (tertiary/aromatic N) is 1. The number of allylic oxidation sites excluding steroid dienone is 2. The van der Waals surface area contributed by atoms with Crippen LogP contribution in [0.15, 0.2) is 64.1 Å². The lowest BCUT2D eigenvalue weighted by atomic mass is 10.2. The van der Waals surface area contributed by atoms with E-state index in [1.807, 2.05) is 0 Å². The first-order valence-corrected chi connectivity index (χ1v) is 7.63.